The topological polar surface area (TPSA) is 78.2 Å². The van der Waals surface area contributed by atoms with Crippen molar-refractivity contribution < 1.29 is 13.9 Å². The summed E-state index contributed by atoms with van der Waals surface area (Å²) >= 11 is 0. The predicted molar refractivity (Wildman–Crippen MR) is 105 cm³/mol. The van der Waals surface area contributed by atoms with Gasteiger partial charge >= 0.3 is 5.69 Å². The molecule has 2 aliphatic rings. The molecule has 7 nitrogen and oxygen atoms in total. The number of hydrogen-bond acceptors (Lipinski definition) is 4. The van der Waals surface area contributed by atoms with E-state index in [4.69, 9.17) is 4.74 Å². The van der Waals surface area contributed by atoms with E-state index in [-0.39, 0.29) is 29.4 Å². The van der Waals surface area contributed by atoms with Crippen molar-refractivity contribution in [2.45, 2.75) is 57.0 Å². The Morgan fingerprint density at radius 3 is 2.86 bits per heavy atom. The highest BCUT2D eigenvalue weighted by Gasteiger charge is 2.35. The summed E-state index contributed by atoms with van der Waals surface area (Å²) in [7, 11) is 0. The van der Waals surface area contributed by atoms with E-state index < -0.39 is 0 Å². The number of rotatable bonds is 5. The van der Waals surface area contributed by atoms with Crippen LogP contribution < -0.4 is 11.0 Å². The van der Waals surface area contributed by atoms with Crippen molar-refractivity contribution in [2.75, 3.05) is 19.8 Å². The van der Waals surface area contributed by atoms with Gasteiger partial charge in [-0.25, -0.2) is 13.9 Å². The van der Waals surface area contributed by atoms with E-state index in [0.717, 1.165) is 37.1 Å². The van der Waals surface area contributed by atoms with E-state index in [2.05, 4.69) is 10.4 Å². The molecular weight excluding hydrogens is 375 g/mol. The Bertz CT molecular complexity index is 930. The number of fused-ring (bicyclic) bond motifs is 1. The average molecular weight is 402 g/mol. The molecule has 1 aromatic heterocycles. The van der Waals surface area contributed by atoms with E-state index in [9.17, 15) is 14.0 Å². The predicted octanol–water partition coefficient (Wildman–Crippen LogP) is 1.77. The number of hydrogen-bond donors (Lipinski definition) is 1. The van der Waals surface area contributed by atoms with E-state index in [1.54, 1.807) is 10.6 Å². The molecule has 3 heterocycles. The number of halogens is 1. The molecule has 1 saturated heterocycles. The molecule has 0 spiro atoms. The fourth-order valence-corrected chi connectivity index (χ4v) is 4.34. The van der Waals surface area contributed by atoms with Gasteiger partial charge in [0, 0.05) is 38.1 Å². The van der Waals surface area contributed by atoms with Crippen LogP contribution in [0.15, 0.2) is 29.1 Å². The number of nitrogens with one attached hydrogen (secondary N) is 1. The van der Waals surface area contributed by atoms with Gasteiger partial charge in [0.1, 0.15) is 18.2 Å². The third-order valence-electron chi connectivity index (χ3n) is 6.09. The molecule has 1 N–H and O–H groups in total. The molecule has 0 unspecified atom stereocenters. The molecule has 1 aromatic carbocycles. The molecule has 8 heteroatoms. The molecule has 0 saturated carbocycles. The van der Waals surface area contributed by atoms with Crippen molar-refractivity contribution in [3.63, 3.8) is 0 Å². The Morgan fingerprint density at radius 1 is 1.24 bits per heavy atom. The summed E-state index contributed by atoms with van der Waals surface area (Å²) in [6.07, 6.45) is 5.25. The summed E-state index contributed by atoms with van der Waals surface area (Å²) in [5, 5.41) is 7.32. The van der Waals surface area contributed by atoms with Gasteiger partial charge in [-0.05, 0) is 43.4 Å². The van der Waals surface area contributed by atoms with Gasteiger partial charge < -0.3 is 10.1 Å². The smallest absolute Gasteiger partial charge is 0.346 e. The van der Waals surface area contributed by atoms with Crippen molar-refractivity contribution in [1.82, 2.24) is 19.7 Å². The molecule has 0 bridgehead atoms. The Morgan fingerprint density at radius 2 is 2.07 bits per heavy atom. The lowest BCUT2D eigenvalue weighted by atomic mass is 9.74. The fraction of sp³-hybridized carbons (Fsp3) is 0.571. The first-order chi connectivity index (χ1) is 14.1. The van der Waals surface area contributed by atoms with Gasteiger partial charge in [0.05, 0.1) is 0 Å². The Balaban J connectivity index is 1.46. The van der Waals surface area contributed by atoms with Gasteiger partial charge in [0.25, 0.3) is 0 Å². The second kappa shape index (κ2) is 8.49. The molecule has 0 aliphatic carbocycles. The number of amides is 1. The van der Waals surface area contributed by atoms with E-state index >= 15 is 0 Å². The summed E-state index contributed by atoms with van der Waals surface area (Å²) < 4.78 is 22.2. The number of benzene rings is 1. The number of carbonyl (C=O) groups excluding carboxylic acids is 1. The molecule has 0 atom stereocenters. The van der Waals surface area contributed by atoms with Gasteiger partial charge in [-0.1, -0.05) is 18.6 Å². The van der Waals surface area contributed by atoms with Crippen LogP contribution in [0.25, 0.3) is 0 Å². The Kier molecular flexibility index (Phi) is 5.80. The minimum atomic E-state index is -0.369. The zero-order valence-electron chi connectivity index (χ0n) is 16.5. The average Bonchev–Trinajstić information content (AvgIpc) is 2.89. The van der Waals surface area contributed by atoms with Crippen LogP contribution in [0, 0.1) is 5.82 Å². The maximum Gasteiger partial charge on any atom is 0.346 e. The second-order valence-electron chi connectivity index (χ2n) is 8.00. The van der Waals surface area contributed by atoms with Gasteiger partial charge in [0.2, 0.25) is 5.91 Å². The summed E-state index contributed by atoms with van der Waals surface area (Å²) in [6.45, 7) is 2.08. The van der Waals surface area contributed by atoms with Crippen molar-refractivity contribution >= 4 is 5.91 Å². The largest absolute Gasteiger partial charge is 0.381 e. The first-order valence-corrected chi connectivity index (χ1v) is 10.3. The van der Waals surface area contributed by atoms with Crippen LogP contribution in [0.2, 0.25) is 0 Å². The Hall–Kier alpha value is -2.48. The third kappa shape index (κ3) is 4.27. The van der Waals surface area contributed by atoms with Crippen LogP contribution in [0.3, 0.4) is 0 Å². The number of aryl methyl sites for hydroxylation is 1. The van der Waals surface area contributed by atoms with Crippen LogP contribution in [0.1, 0.15) is 43.5 Å². The zero-order chi connectivity index (χ0) is 20.3. The van der Waals surface area contributed by atoms with E-state index in [0.29, 0.717) is 39.1 Å². The molecule has 2 aliphatic heterocycles. The highest BCUT2D eigenvalue weighted by Crippen LogP contribution is 2.34. The number of aromatic nitrogens is 3. The summed E-state index contributed by atoms with van der Waals surface area (Å²) in [4.78, 5) is 25.2. The summed E-state index contributed by atoms with van der Waals surface area (Å²) in [5.41, 5.74) is 0.279. The summed E-state index contributed by atoms with van der Waals surface area (Å²) in [6, 6.07) is 6.55. The highest BCUT2D eigenvalue weighted by molar-refractivity contribution is 5.75. The summed E-state index contributed by atoms with van der Waals surface area (Å²) in [5.74, 6) is 0.217. The monoisotopic (exact) mass is 402 g/mol. The lowest BCUT2D eigenvalue weighted by Gasteiger charge is -2.38. The normalized spacial score (nSPS) is 18.7. The van der Waals surface area contributed by atoms with Crippen molar-refractivity contribution in [3.8, 4) is 0 Å². The molecule has 1 fully saturated rings. The third-order valence-corrected chi connectivity index (χ3v) is 6.09. The zero-order valence-corrected chi connectivity index (χ0v) is 16.5. The minimum absolute atomic E-state index is 0.103. The minimum Gasteiger partial charge on any atom is -0.381 e. The van der Waals surface area contributed by atoms with Gasteiger partial charge in [-0.15, -0.1) is 0 Å². The van der Waals surface area contributed by atoms with E-state index in [1.807, 2.05) is 6.07 Å². The van der Waals surface area contributed by atoms with Crippen molar-refractivity contribution in [3.05, 3.63) is 52.0 Å². The molecular formula is C21H27FN4O3. The van der Waals surface area contributed by atoms with Crippen molar-refractivity contribution in [2.24, 2.45) is 0 Å². The van der Waals surface area contributed by atoms with Gasteiger partial charge in [0.15, 0.2) is 0 Å². The van der Waals surface area contributed by atoms with Gasteiger partial charge in [-0.2, -0.15) is 5.10 Å². The first-order valence-electron chi connectivity index (χ1n) is 10.3. The molecule has 2 aromatic rings. The lowest BCUT2D eigenvalue weighted by molar-refractivity contribution is -0.122. The highest BCUT2D eigenvalue weighted by atomic mass is 19.1. The maximum atomic E-state index is 13.8. The second-order valence-corrected chi connectivity index (χ2v) is 8.00. The quantitative estimate of drug-likeness (QED) is 0.827. The number of carbonyl (C=O) groups is 1. The van der Waals surface area contributed by atoms with Crippen LogP contribution in [-0.4, -0.2) is 40.0 Å². The SMILES string of the molecule is O=C(Cn1nc2n(c1=O)CCCCC2)NCC1(c2cccc(F)c2)CCOCC1. The molecule has 4 rings (SSSR count). The van der Waals surface area contributed by atoms with E-state index in [1.165, 1.54) is 16.8 Å². The lowest BCUT2D eigenvalue weighted by Crippen LogP contribution is -2.46. The van der Waals surface area contributed by atoms with Crippen molar-refractivity contribution in [1.29, 1.82) is 0 Å². The molecule has 0 radical (unpaired) electrons. The van der Waals surface area contributed by atoms with Crippen LogP contribution in [-0.2, 0) is 34.5 Å². The van der Waals surface area contributed by atoms with Gasteiger partial charge in [-0.3, -0.25) is 9.36 Å². The van der Waals surface area contributed by atoms with Crippen LogP contribution in [0.4, 0.5) is 4.39 Å². The first kappa shape index (κ1) is 19.8. The number of ether oxygens (including phenoxy) is 1. The fourth-order valence-electron chi connectivity index (χ4n) is 4.34. The van der Waals surface area contributed by atoms with Crippen LogP contribution in [0.5, 0.6) is 0 Å². The molecule has 29 heavy (non-hydrogen) atoms. The van der Waals surface area contributed by atoms with Crippen LogP contribution >= 0.6 is 0 Å². The molecule has 1 amide bonds. The number of nitrogens with zero attached hydrogens (tertiary/aromatic N) is 3. The Labute approximate surface area is 168 Å². The maximum absolute atomic E-state index is 13.8. The molecule has 156 valence electrons. The standard InChI is InChI=1S/C21H27FN4O3/c22-17-6-4-5-16(13-17)21(8-11-29-12-9-21)15-23-19(27)14-26-20(28)25-10-3-1-2-7-18(25)24-26/h4-6,13H,1-3,7-12,14-15H2,(H,23,27).